The molecule has 3 aromatic rings. The third-order valence-electron chi connectivity index (χ3n) is 4.37. The van der Waals surface area contributed by atoms with Gasteiger partial charge in [-0.15, -0.1) is 0 Å². The van der Waals surface area contributed by atoms with Crippen LogP contribution in [-0.4, -0.2) is 37.3 Å². The summed E-state index contributed by atoms with van der Waals surface area (Å²) in [6.07, 6.45) is 2.77. The molecule has 136 valence electrons. The number of nitrogens with zero attached hydrogens (tertiary/aromatic N) is 4. The Balaban J connectivity index is 1.58. The molecule has 1 aliphatic heterocycles. The number of fused-ring (bicyclic) bond motifs is 1. The molecule has 2 unspecified atom stereocenters. The Bertz CT molecular complexity index is 911. The number of ether oxygens (including phenoxy) is 2. The van der Waals surface area contributed by atoms with E-state index in [-0.39, 0.29) is 30.8 Å². The molecule has 3 heterocycles. The van der Waals surface area contributed by atoms with Crippen LogP contribution in [0.15, 0.2) is 30.6 Å². The van der Waals surface area contributed by atoms with E-state index >= 15 is 0 Å². The first-order valence-electron chi connectivity index (χ1n) is 8.37. The molecule has 1 fully saturated rings. The number of benzene rings is 1. The molecule has 0 amide bonds. The minimum absolute atomic E-state index is 0.00377. The Morgan fingerprint density at radius 2 is 2.00 bits per heavy atom. The predicted molar refractivity (Wildman–Crippen MR) is 95.2 cm³/mol. The first-order chi connectivity index (χ1) is 12.6. The highest BCUT2D eigenvalue weighted by Crippen LogP contribution is 2.31. The maximum atomic E-state index is 9.25. The van der Waals surface area contributed by atoms with E-state index in [1.54, 1.807) is 23.0 Å². The van der Waals surface area contributed by atoms with Crippen molar-refractivity contribution in [3.05, 3.63) is 36.2 Å². The molecule has 5 N–H and O–H groups in total. The van der Waals surface area contributed by atoms with E-state index in [0.717, 1.165) is 18.4 Å². The van der Waals surface area contributed by atoms with Crippen LogP contribution in [0.5, 0.6) is 6.01 Å². The molecule has 1 aliphatic rings. The second kappa shape index (κ2) is 6.77. The number of aromatic nitrogens is 4. The number of aliphatic hydroxyl groups is 1. The summed E-state index contributed by atoms with van der Waals surface area (Å²) in [5, 5.41) is 9.25. The summed E-state index contributed by atoms with van der Waals surface area (Å²) < 4.78 is 13.3. The Morgan fingerprint density at radius 1 is 1.19 bits per heavy atom. The fraction of sp³-hybridized carbons (Fsp3) is 0.353. The number of rotatable bonds is 5. The van der Waals surface area contributed by atoms with Gasteiger partial charge < -0.3 is 26.0 Å². The molecule has 0 radical (unpaired) electrons. The van der Waals surface area contributed by atoms with Crippen LogP contribution in [0, 0.1) is 0 Å². The van der Waals surface area contributed by atoms with Crippen LogP contribution in [0.2, 0.25) is 0 Å². The van der Waals surface area contributed by atoms with Gasteiger partial charge in [0, 0.05) is 5.69 Å². The highest BCUT2D eigenvalue weighted by molar-refractivity contribution is 5.82. The van der Waals surface area contributed by atoms with Crippen molar-refractivity contribution in [3.63, 3.8) is 0 Å². The van der Waals surface area contributed by atoms with Crippen LogP contribution in [-0.2, 0) is 11.3 Å². The van der Waals surface area contributed by atoms with Gasteiger partial charge in [-0.1, -0.05) is 12.1 Å². The number of nitrogens with two attached hydrogens (primary N) is 2. The van der Waals surface area contributed by atoms with E-state index in [1.807, 2.05) is 12.1 Å². The minimum atomic E-state index is -0.239. The minimum Gasteiger partial charge on any atom is -0.458 e. The van der Waals surface area contributed by atoms with Crippen molar-refractivity contribution >= 4 is 22.7 Å². The predicted octanol–water partition coefficient (Wildman–Crippen LogP) is 1.24. The van der Waals surface area contributed by atoms with Crippen LogP contribution in [0.3, 0.4) is 0 Å². The zero-order valence-electron chi connectivity index (χ0n) is 14.1. The van der Waals surface area contributed by atoms with E-state index in [1.165, 1.54) is 0 Å². The lowest BCUT2D eigenvalue weighted by molar-refractivity contribution is -0.0207. The molecule has 1 saturated heterocycles. The van der Waals surface area contributed by atoms with Gasteiger partial charge in [0.05, 0.1) is 19.0 Å². The Kier molecular flexibility index (Phi) is 4.31. The van der Waals surface area contributed by atoms with Crippen molar-refractivity contribution in [1.29, 1.82) is 0 Å². The van der Waals surface area contributed by atoms with Crippen LogP contribution in [0.1, 0.15) is 24.6 Å². The summed E-state index contributed by atoms with van der Waals surface area (Å²) in [6, 6.07) is 7.54. The molecule has 26 heavy (non-hydrogen) atoms. The van der Waals surface area contributed by atoms with Crippen LogP contribution < -0.4 is 16.2 Å². The molecule has 2 aromatic heterocycles. The van der Waals surface area contributed by atoms with E-state index in [4.69, 9.17) is 20.9 Å². The SMILES string of the molecule is Nc1ccc(COc2nc(N)c3ncn(C4CCC(CO)O4)c3n2)cc1. The molecule has 0 saturated carbocycles. The Morgan fingerprint density at radius 3 is 2.73 bits per heavy atom. The smallest absolute Gasteiger partial charge is 0.320 e. The van der Waals surface area contributed by atoms with Crippen molar-refractivity contribution in [2.45, 2.75) is 31.8 Å². The number of anilines is 2. The van der Waals surface area contributed by atoms with Crippen molar-refractivity contribution < 1.29 is 14.6 Å². The lowest BCUT2D eigenvalue weighted by Crippen LogP contribution is -2.14. The van der Waals surface area contributed by atoms with Gasteiger partial charge in [-0.3, -0.25) is 4.57 Å². The van der Waals surface area contributed by atoms with Crippen molar-refractivity contribution in [3.8, 4) is 6.01 Å². The second-order valence-corrected chi connectivity index (χ2v) is 6.22. The number of imidazole rings is 1. The molecule has 2 atom stereocenters. The molecule has 9 heteroatoms. The number of aliphatic hydroxyl groups excluding tert-OH is 1. The molecule has 0 spiro atoms. The zero-order valence-corrected chi connectivity index (χ0v) is 14.1. The van der Waals surface area contributed by atoms with Crippen LogP contribution >= 0.6 is 0 Å². The first kappa shape index (κ1) is 16.6. The normalized spacial score (nSPS) is 19.9. The highest BCUT2D eigenvalue weighted by atomic mass is 16.5. The van der Waals surface area contributed by atoms with Gasteiger partial charge in [-0.05, 0) is 30.5 Å². The van der Waals surface area contributed by atoms with Crippen molar-refractivity contribution in [2.75, 3.05) is 18.1 Å². The maximum Gasteiger partial charge on any atom is 0.320 e. The van der Waals surface area contributed by atoms with E-state index < -0.39 is 0 Å². The molecule has 0 aliphatic carbocycles. The third-order valence-corrected chi connectivity index (χ3v) is 4.37. The lowest BCUT2D eigenvalue weighted by Gasteiger charge is -2.14. The summed E-state index contributed by atoms with van der Waals surface area (Å²) in [5.41, 5.74) is 14.4. The maximum absolute atomic E-state index is 9.25. The van der Waals surface area contributed by atoms with E-state index in [2.05, 4.69) is 15.0 Å². The van der Waals surface area contributed by atoms with Gasteiger partial charge in [0.2, 0.25) is 0 Å². The van der Waals surface area contributed by atoms with Crippen LogP contribution in [0.25, 0.3) is 11.2 Å². The average Bonchev–Trinajstić information content (AvgIpc) is 3.28. The van der Waals surface area contributed by atoms with Gasteiger partial charge >= 0.3 is 6.01 Å². The molecule has 4 rings (SSSR count). The molecular formula is C17H20N6O3. The van der Waals surface area contributed by atoms with Gasteiger partial charge in [-0.25, -0.2) is 4.98 Å². The third kappa shape index (κ3) is 3.14. The summed E-state index contributed by atoms with van der Waals surface area (Å²) >= 11 is 0. The standard InChI is InChI=1S/C17H20N6O3/c18-11-3-1-10(2-4-11)8-25-17-21-15(19)14-16(22-17)23(9-20-14)13-6-5-12(7-24)26-13/h1-4,9,12-13,24H,5-8,18H2,(H2,19,21,22). The van der Waals surface area contributed by atoms with E-state index in [0.29, 0.717) is 23.5 Å². The van der Waals surface area contributed by atoms with Gasteiger partial charge in [0.1, 0.15) is 12.8 Å². The summed E-state index contributed by atoms with van der Waals surface area (Å²) in [7, 11) is 0. The first-order valence-corrected chi connectivity index (χ1v) is 8.37. The van der Waals surface area contributed by atoms with Crippen molar-refractivity contribution in [1.82, 2.24) is 19.5 Å². The lowest BCUT2D eigenvalue weighted by atomic mass is 10.2. The molecule has 1 aromatic carbocycles. The zero-order chi connectivity index (χ0) is 18.1. The monoisotopic (exact) mass is 356 g/mol. The quantitative estimate of drug-likeness (QED) is 0.581. The highest BCUT2D eigenvalue weighted by Gasteiger charge is 2.28. The molecule has 0 bridgehead atoms. The van der Waals surface area contributed by atoms with Crippen LogP contribution in [0.4, 0.5) is 11.5 Å². The fourth-order valence-electron chi connectivity index (χ4n) is 2.98. The van der Waals surface area contributed by atoms with Gasteiger partial charge in [-0.2, -0.15) is 9.97 Å². The van der Waals surface area contributed by atoms with E-state index in [9.17, 15) is 5.11 Å². The number of hydrogen-bond acceptors (Lipinski definition) is 8. The molecular weight excluding hydrogens is 336 g/mol. The van der Waals surface area contributed by atoms with Gasteiger partial charge in [0.25, 0.3) is 0 Å². The number of nitrogen functional groups attached to an aromatic ring is 2. The van der Waals surface area contributed by atoms with Gasteiger partial charge in [0.15, 0.2) is 17.0 Å². The Labute approximate surface area is 149 Å². The van der Waals surface area contributed by atoms with Crippen molar-refractivity contribution in [2.24, 2.45) is 0 Å². The summed E-state index contributed by atoms with van der Waals surface area (Å²) in [4.78, 5) is 12.9. The number of hydrogen-bond donors (Lipinski definition) is 3. The average molecular weight is 356 g/mol. The largest absolute Gasteiger partial charge is 0.458 e. The summed E-state index contributed by atoms with van der Waals surface area (Å²) in [5.74, 6) is 0.248. The fourth-order valence-corrected chi connectivity index (χ4v) is 2.98. The molecule has 9 nitrogen and oxygen atoms in total. The second-order valence-electron chi connectivity index (χ2n) is 6.22. The Hall–Kier alpha value is -2.91. The summed E-state index contributed by atoms with van der Waals surface area (Å²) in [6.45, 7) is 0.294. The topological polar surface area (TPSA) is 134 Å².